The van der Waals surface area contributed by atoms with Crippen molar-refractivity contribution >= 4 is 23.4 Å². The highest BCUT2D eigenvalue weighted by Gasteiger charge is 2.35. The normalized spacial score (nSPS) is 16.3. The molecule has 1 amide bonds. The first kappa shape index (κ1) is 15.9. The first-order valence-corrected chi connectivity index (χ1v) is 8.57. The molecule has 5 heteroatoms. The number of ether oxygens (including phenoxy) is 1. The Morgan fingerprint density at radius 2 is 1.96 bits per heavy atom. The van der Waals surface area contributed by atoms with Crippen molar-refractivity contribution in [2.75, 3.05) is 18.1 Å². The van der Waals surface area contributed by atoms with Crippen molar-refractivity contribution in [2.24, 2.45) is 5.73 Å². The molecule has 1 atom stereocenters. The number of hydrogen-bond donors (Lipinski definition) is 1. The maximum atomic E-state index is 12.2. The van der Waals surface area contributed by atoms with Crippen LogP contribution in [0.3, 0.4) is 0 Å². The lowest BCUT2D eigenvalue weighted by Gasteiger charge is -2.25. The number of fused-ring (bicyclic) bond motifs is 1. The van der Waals surface area contributed by atoms with Crippen molar-refractivity contribution in [2.45, 2.75) is 23.6 Å². The molecular weight excluding hydrogens is 308 g/mol. The lowest BCUT2D eigenvalue weighted by atomic mass is 10.1. The first-order valence-electron chi connectivity index (χ1n) is 7.69. The molecule has 1 unspecified atom stereocenters. The van der Waals surface area contributed by atoms with Crippen LogP contribution in [0.1, 0.15) is 24.3 Å². The molecule has 1 aliphatic rings. The molecule has 0 bridgehead atoms. The zero-order valence-electron chi connectivity index (χ0n) is 13.1. The Morgan fingerprint density at radius 3 is 2.74 bits per heavy atom. The molecule has 0 spiro atoms. The van der Waals surface area contributed by atoms with Gasteiger partial charge in [-0.1, -0.05) is 42.1 Å². The number of para-hydroxylation sites is 2. The smallest absolute Gasteiger partial charge is 0.225 e. The van der Waals surface area contributed by atoms with E-state index >= 15 is 0 Å². The van der Waals surface area contributed by atoms with Crippen molar-refractivity contribution in [1.82, 2.24) is 0 Å². The highest BCUT2D eigenvalue weighted by atomic mass is 32.2. The van der Waals surface area contributed by atoms with E-state index in [1.165, 1.54) is 0 Å². The fourth-order valence-electron chi connectivity index (χ4n) is 2.67. The lowest BCUT2D eigenvalue weighted by Crippen LogP contribution is -2.28. The van der Waals surface area contributed by atoms with Crippen molar-refractivity contribution in [3.63, 3.8) is 0 Å². The summed E-state index contributed by atoms with van der Waals surface area (Å²) in [7, 11) is 0. The Labute approximate surface area is 140 Å². The van der Waals surface area contributed by atoms with Gasteiger partial charge in [-0.2, -0.15) is 0 Å². The molecule has 2 aromatic carbocycles. The number of amides is 1. The van der Waals surface area contributed by atoms with Gasteiger partial charge < -0.3 is 10.5 Å². The summed E-state index contributed by atoms with van der Waals surface area (Å²) in [5, 5.41) is -0.0982. The second kappa shape index (κ2) is 7.06. The van der Waals surface area contributed by atoms with E-state index in [4.69, 9.17) is 10.5 Å². The summed E-state index contributed by atoms with van der Waals surface area (Å²) in [5.41, 5.74) is 7.51. The molecule has 0 aromatic heterocycles. The van der Waals surface area contributed by atoms with E-state index in [9.17, 15) is 4.79 Å². The summed E-state index contributed by atoms with van der Waals surface area (Å²) in [6, 6.07) is 15.9. The average molecular weight is 328 g/mol. The van der Waals surface area contributed by atoms with E-state index in [-0.39, 0.29) is 11.3 Å². The van der Waals surface area contributed by atoms with Crippen LogP contribution in [0.5, 0.6) is 5.75 Å². The van der Waals surface area contributed by atoms with Gasteiger partial charge in [0.05, 0.1) is 12.3 Å². The highest BCUT2D eigenvalue weighted by Crippen LogP contribution is 2.52. The molecule has 120 valence electrons. The van der Waals surface area contributed by atoms with Crippen molar-refractivity contribution in [3.8, 4) is 5.75 Å². The molecule has 2 N–H and O–H groups in total. The van der Waals surface area contributed by atoms with Gasteiger partial charge in [0.25, 0.3) is 0 Å². The Hall–Kier alpha value is -1.98. The molecule has 0 radical (unpaired) electrons. The van der Waals surface area contributed by atoms with Crippen LogP contribution in [0.15, 0.2) is 53.4 Å². The predicted molar refractivity (Wildman–Crippen MR) is 93.8 cm³/mol. The molecule has 0 aliphatic carbocycles. The molecule has 0 fully saturated rings. The van der Waals surface area contributed by atoms with Gasteiger partial charge >= 0.3 is 0 Å². The third-order valence-electron chi connectivity index (χ3n) is 3.73. The number of carbonyl (C=O) groups excluding carboxylic acids is 1. The zero-order chi connectivity index (χ0) is 16.2. The number of nitrogens with two attached hydrogens (primary N) is 1. The maximum absolute atomic E-state index is 12.2. The molecule has 2 aromatic rings. The second-order valence-corrected chi connectivity index (χ2v) is 6.48. The lowest BCUT2D eigenvalue weighted by molar-refractivity contribution is -0.116. The first-order chi connectivity index (χ1) is 11.2. The number of hydrogen-bond acceptors (Lipinski definition) is 4. The minimum Gasteiger partial charge on any atom is -0.493 e. The van der Waals surface area contributed by atoms with Crippen LogP contribution in [-0.2, 0) is 4.79 Å². The molecule has 0 saturated heterocycles. The summed E-state index contributed by atoms with van der Waals surface area (Å²) < 4.78 is 5.89. The van der Waals surface area contributed by atoms with Crippen LogP contribution >= 0.6 is 11.8 Å². The van der Waals surface area contributed by atoms with Crippen molar-refractivity contribution < 1.29 is 9.53 Å². The summed E-state index contributed by atoms with van der Waals surface area (Å²) >= 11 is 1.68. The number of nitrogens with zero attached hydrogens (tertiary/aromatic N) is 1. The van der Waals surface area contributed by atoms with Crippen LogP contribution < -0.4 is 15.4 Å². The van der Waals surface area contributed by atoms with Crippen LogP contribution in [0.25, 0.3) is 0 Å². The summed E-state index contributed by atoms with van der Waals surface area (Å²) in [4.78, 5) is 15.2. The third-order valence-corrected chi connectivity index (χ3v) is 5.02. The monoisotopic (exact) mass is 328 g/mol. The van der Waals surface area contributed by atoms with Crippen LogP contribution in [0.2, 0.25) is 0 Å². The Kier molecular flexibility index (Phi) is 4.88. The minimum atomic E-state index is -0.0982. The quantitative estimate of drug-likeness (QED) is 0.853. The van der Waals surface area contributed by atoms with Gasteiger partial charge in [-0.3, -0.25) is 9.69 Å². The van der Waals surface area contributed by atoms with Gasteiger partial charge in [0.1, 0.15) is 11.1 Å². The van der Waals surface area contributed by atoms with Crippen LogP contribution in [0, 0.1) is 0 Å². The van der Waals surface area contributed by atoms with Crippen molar-refractivity contribution in [3.05, 3.63) is 54.1 Å². The maximum Gasteiger partial charge on any atom is 0.225 e. The Balaban J connectivity index is 1.94. The number of carbonyl (C=O) groups is 1. The predicted octanol–water partition coefficient (Wildman–Crippen LogP) is 3.57. The second-order valence-electron chi connectivity index (χ2n) is 5.36. The van der Waals surface area contributed by atoms with E-state index in [2.05, 4.69) is 0 Å². The minimum absolute atomic E-state index is 0.0317. The Morgan fingerprint density at radius 1 is 1.22 bits per heavy atom. The van der Waals surface area contributed by atoms with Gasteiger partial charge in [-0.25, -0.2) is 0 Å². The van der Waals surface area contributed by atoms with E-state index in [0.29, 0.717) is 13.2 Å². The van der Waals surface area contributed by atoms with Gasteiger partial charge in [-0.15, -0.1) is 0 Å². The number of anilines is 1. The molecule has 0 saturated carbocycles. The van der Waals surface area contributed by atoms with E-state index in [1.807, 2.05) is 53.4 Å². The summed E-state index contributed by atoms with van der Waals surface area (Å²) in [6.07, 6.45) is 0.808. The van der Waals surface area contributed by atoms with E-state index in [0.717, 1.165) is 28.3 Å². The standard InChI is InChI=1S/C18H20N2O2S/c1-13(21)20-15-8-3-5-10-17(15)23-18(20)14-7-2-4-9-16(14)22-12-6-11-19/h2-5,7-10,18H,6,11-12,19H2,1H3. The van der Waals surface area contributed by atoms with Crippen LogP contribution in [-0.4, -0.2) is 19.1 Å². The van der Waals surface area contributed by atoms with E-state index in [1.54, 1.807) is 18.7 Å². The number of benzene rings is 2. The molecule has 1 aliphatic heterocycles. The van der Waals surface area contributed by atoms with Gasteiger partial charge in [0.2, 0.25) is 5.91 Å². The summed E-state index contributed by atoms with van der Waals surface area (Å²) in [6.45, 7) is 2.79. The SMILES string of the molecule is CC(=O)N1c2ccccc2SC1c1ccccc1OCCCN. The third kappa shape index (κ3) is 3.21. The zero-order valence-corrected chi connectivity index (χ0v) is 13.9. The van der Waals surface area contributed by atoms with Gasteiger partial charge in [-0.05, 0) is 31.2 Å². The average Bonchev–Trinajstić information content (AvgIpc) is 2.95. The van der Waals surface area contributed by atoms with Gasteiger partial charge in [0.15, 0.2) is 0 Å². The summed E-state index contributed by atoms with van der Waals surface area (Å²) in [5.74, 6) is 0.849. The fraction of sp³-hybridized carbons (Fsp3) is 0.278. The Bertz CT molecular complexity index is 705. The molecule has 4 nitrogen and oxygen atoms in total. The highest BCUT2D eigenvalue weighted by molar-refractivity contribution is 8.00. The molecule has 3 rings (SSSR count). The van der Waals surface area contributed by atoms with Crippen LogP contribution in [0.4, 0.5) is 5.69 Å². The number of rotatable bonds is 5. The number of thioether (sulfide) groups is 1. The van der Waals surface area contributed by atoms with Crippen molar-refractivity contribution in [1.29, 1.82) is 0 Å². The molecule has 23 heavy (non-hydrogen) atoms. The topological polar surface area (TPSA) is 55.6 Å². The largest absolute Gasteiger partial charge is 0.493 e. The fourth-order valence-corrected chi connectivity index (χ4v) is 4.05. The molecule has 1 heterocycles. The van der Waals surface area contributed by atoms with E-state index < -0.39 is 0 Å². The van der Waals surface area contributed by atoms with Gasteiger partial charge in [0, 0.05) is 17.4 Å². The molecular formula is C18H20N2O2S.